The van der Waals surface area contributed by atoms with E-state index in [0.29, 0.717) is 0 Å². The number of ether oxygens (including phenoxy) is 1. The van der Waals surface area contributed by atoms with Crippen molar-refractivity contribution in [1.29, 1.82) is 0 Å². The normalized spacial score (nSPS) is 19.4. The maximum absolute atomic E-state index is 13.5. The third-order valence-electron chi connectivity index (χ3n) is 6.40. The molecule has 1 aromatic heterocycles. The van der Waals surface area contributed by atoms with E-state index >= 15 is 0 Å². The van der Waals surface area contributed by atoms with E-state index in [1.54, 1.807) is 0 Å². The molecule has 2 aliphatic rings. The van der Waals surface area contributed by atoms with Crippen LogP contribution in [-0.2, 0) is 9.53 Å². The van der Waals surface area contributed by atoms with Crippen molar-refractivity contribution in [1.82, 2.24) is 5.32 Å². The molecule has 180 valence electrons. The Morgan fingerprint density at radius 3 is 2.23 bits per heavy atom. The van der Waals surface area contributed by atoms with Crippen molar-refractivity contribution in [3.63, 3.8) is 0 Å². The summed E-state index contributed by atoms with van der Waals surface area (Å²) in [6.07, 6.45) is 0.335. The van der Waals surface area contributed by atoms with Gasteiger partial charge in [-0.15, -0.1) is 0 Å². The average molecular weight is 482 g/mol. The molecule has 8 nitrogen and oxygen atoms in total. The number of carboxylic acids is 1. The lowest BCUT2D eigenvalue weighted by Crippen LogP contribution is -2.28. The highest BCUT2D eigenvalue weighted by Gasteiger charge is 2.72. The number of hydrogen-bond donors (Lipinski definition) is 3. The molecule has 5 rings (SSSR count). The Hall–Kier alpha value is -4.21. The van der Waals surface area contributed by atoms with E-state index in [4.69, 9.17) is 14.3 Å². The lowest BCUT2D eigenvalue weighted by Gasteiger charge is -2.14. The molecule has 10 heteroatoms. The molecule has 0 unspecified atom stereocenters. The highest BCUT2D eigenvalue weighted by molar-refractivity contribution is 6.00. The van der Waals surface area contributed by atoms with E-state index in [1.807, 2.05) is 48.5 Å². The predicted molar refractivity (Wildman–Crippen MR) is 119 cm³/mol. The Bertz CT molecular complexity index is 1280. The smallest absolute Gasteiger partial charge is 0.411 e. The first-order valence-electron chi connectivity index (χ1n) is 10.9. The highest BCUT2D eigenvalue weighted by atomic mass is 19.3. The van der Waals surface area contributed by atoms with Gasteiger partial charge < -0.3 is 19.6 Å². The van der Waals surface area contributed by atoms with Gasteiger partial charge in [0.1, 0.15) is 12.5 Å². The second kappa shape index (κ2) is 8.53. The molecule has 1 saturated carbocycles. The minimum absolute atomic E-state index is 0.00272. The number of carbonyl (C=O) groups excluding carboxylic acids is 2. The number of furan rings is 1. The highest BCUT2D eigenvalue weighted by Crippen LogP contribution is 2.55. The first-order valence-corrected chi connectivity index (χ1v) is 10.9. The number of hydrogen-bond acceptors (Lipinski definition) is 5. The van der Waals surface area contributed by atoms with Gasteiger partial charge >= 0.3 is 12.1 Å². The number of alkyl halides is 2. The fourth-order valence-corrected chi connectivity index (χ4v) is 4.59. The van der Waals surface area contributed by atoms with Gasteiger partial charge in [0.15, 0.2) is 0 Å². The number of halogens is 2. The van der Waals surface area contributed by atoms with Gasteiger partial charge in [0.2, 0.25) is 5.76 Å². The Morgan fingerprint density at radius 2 is 1.63 bits per heavy atom. The predicted octanol–water partition coefficient (Wildman–Crippen LogP) is 4.34. The minimum Gasteiger partial charge on any atom is -0.481 e. The summed E-state index contributed by atoms with van der Waals surface area (Å²) in [6, 6.07) is 17.1. The topological polar surface area (TPSA) is 118 Å². The number of carbonyl (C=O) groups is 3. The molecule has 3 N–H and O–H groups in total. The van der Waals surface area contributed by atoms with Crippen molar-refractivity contribution >= 4 is 23.7 Å². The Balaban J connectivity index is 1.20. The molecule has 0 spiro atoms. The van der Waals surface area contributed by atoms with Gasteiger partial charge in [-0.05, 0) is 22.3 Å². The summed E-state index contributed by atoms with van der Waals surface area (Å²) in [5.41, 5.74) is 4.24. The summed E-state index contributed by atoms with van der Waals surface area (Å²) in [5, 5.41) is 13.5. The van der Waals surface area contributed by atoms with Crippen LogP contribution in [-0.4, -0.2) is 42.2 Å². The summed E-state index contributed by atoms with van der Waals surface area (Å²) in [4.78, 5) is 35.7. The van der Waals surface area contributed by atoms with Crippen molar-refractivity contribution < 1.29 is 37.4 Å². The van der Waals surface area contributed by atoms with E-state index in [9.17, 15) is 23.2 Å². The number of fused-ring (bicyclic) bond motifs is 3. The van der Waals surface area contributed by atoms with Gasteiger partial charge in [-0.3, -0.25) is 14.9 Å². The van der Waals surface area contributed by atoms with Gasteiger partial charge in [0, 0.05) is 18.5 Å². The first kappa shape index (κ1) is 22.6. The van der Waals surface area contributed by atoms with Crippen molar-refractivity contribution in [3.8, 4) is 11.1 Å². The van der Waals surface area contributed by atoms with Gasteiger partial charge in [-0.25, -0.2) is 13.6 Å². The zero-order valence-corrected chi connectivity index (χ0v) is 18.2. The molecule has 0 saturated heterocycles. The number of aliphatic carboxylic acids is 1. The monoisotopic (exact) mass is 482 g/mol. The zero-order chi connectivity index (χ0) is 24.7. The molecule has 2 aliphatic carbocycles. The molecule has 3 aromatic rings. The molecular weight excluding hydrogens is 462 g/mol. The van der Waals surface area contributed by atoms with E-state index in [1.165, 1.54) is 6.07 Å². The second-order valence-corrected chi connectivity index (χ2v) is 8.42. The fraction of sp³-hybridized carbons (Fsp3) is 0.240. The van der Waals surface area contributed by atoms with Crippen LogP contribution in [0.15, 0.2) is 65.3 Å². The van der Waals surface area contributed by atoms with E-state index in [2.05, 4.69) is 10.6 Å². The Morgan fingerprint density at radius 1 is 1.00 bits per heavy atom. The molecular formula is C25H20F2N2O6. The van der Waals surface area contributed by atoms with Gasteiger partial charge in [0.05, 0.1) is 17.9 Å². The molecule has 2 aromatic carbocycles. The molecule has 0 radical (unpaired) electrons. The number of amides is 2. The van der Waals surface area contributed by atoms with Crippen LogP contribution in [0.1, 0.15) is 27.6 Å². The molecule has 35 heavy (non-hydrogen) atoms. The summed E-state index contributed by atoms with van der Waals surface area (Å²) >= 11 is 0. The number of carboxylic acid groups (broad SMARTS) is 1. The van der Waals surface area contributed by atoms with Crippen LogP contribution in [0.3, 0.4) is 0 Å². The fourth-order valence-electron chi connectivity index (χ4n) is 4.59. The number of rotatable bonds is 7. The summed E-state index contributed by atoms with van der Waals surface area (Å²) in [7, 11) is 0. The third-order valence-corrected chi connectivity index (χ3v) is 6.40. The maximum Gasteiger partial charge on any atom is 0.411 e. The molecule has 1 heterocycles. The van der Waals surface area contributed by atoms with E-state index < -0.39 is 42.3 Å². The van der Waals surface area contributed by atoms with E-state index in [-0.39, 0.29) is 24.0 Å². The Labute approximate surface area is 197 Å². The molecule has 0 bridgehead atoms. The first-order chi connectivity index (χ1) is 16.8. The average Bonchev–Trinajstić information content (AvgIpc) is 3.13. The van der Waals surface area contributed by atoms with Crippen LogP contribution in [0, 0.1) is 11.8 Å². The minimum atomic E-state index is -3.38. The SMILES string of the molecule is O=C(Nc1ccoc1C(=O)NC[C@H]1[C@@H](C(=O)O)C1(F)F)OCC1c2ccccc2-c2ccccc21. The van der Waals surface area contributed by atoms with Crippen LogP contribution in [0.25, 0.3) is 11.1 Å². The Kier molecular flexibility index (Phi) is 5.50. The van der Waals surface area contributed by atoms with Crippen LogP contribution in [0.2, 0.25) is 0 Å². The maximum atomic E-state index is 13.5. The number of benzene rings is 2. The third kappa shape index (κ3) is 4.01. The molecule has 2 amide bonds. The van der Waals surface area contributed by atoms with E-state index in [0.717, 1.165) is 28.5 Å². The van der Waals surface area contributed by atoms with Gasteiger partial charge in [-0.1, -0.05) is 48.5 Å². The van der Waals surface area contributed by atoms with Crippen LogP contribution in [0.5, 0.6) is 0 Å². The van der Waals surface area contributed by atoms with Gasteiger partial charge in [-0.2, -0.15) is 0 Å². The summed E-state index contributed by atoms with van der Waals surface area (Å²) in [6.45, 7) is -0.486. The molecule has 1 fully saturated rings. The molecule has 2 atom stereocenters. The number of nitrogens with one attached hydrogen (secondary N) is 2. The van der Waals surface area contributed by atoms with Crippen LogP contribution >= 0.6 is 0 Å². The largest absolute Gasteiger partial charge is 0.481 e. The van der Waals surface area contributed by atoms with Crippen molar-refractivity contribution in [2.24, 2.45) is 11.8 Å². The zero-order valence-electron chi connectivity index (χ0n) is 18.2. The van der Waals surface area contributed by atoms with Crippen molar-refractivity contribution in [2.75, 3.05) is 18.5 Å². The second-order valence-electron chi connectivity index (χ2n) is 8.42. The summed E-state index contributed by atoms with van der Waals surface area (Å²) < 4.78 is 37.6. The summed E-state index contributed by atoms with van der Waals surface area (Å²) in [5.74, 6) is -9.67. The quantitative estimate of drug-likeness (QED) is 0.461. The number of anilines is 1. The lowest BCUT2D eigenvalue weighted by molar-refractivity contribution is -0.140. The van der Waals surface area contributed by atoms with Crippen molar-refractivity contribution in [2.45, 2.75) is 11.8 Å². The van der Waals surface area contributed by atoms with Crippen molar-refractivity contribution in [3.05, 3.63) is 77.7 Å². The van der Waals surface area contributed by atoms with Gasteiger partial charge in [0.25, 0.3) is 11.8 Å². The van der Waals surface area contributed by atoms with Crippen LogP contribution in [0.4, 0.5) is 19.3 Å². The lowest BCUT2D eigenvalue weighted by atomic mass is 9.98. The standard InChI is InChI=1S/C25H20F2N2O6/c26-25(27)18(20(25)23(31)32)11-28-22(30)21-19(9-10-34-21)29-24(33)35-12-17-15-7-3-1-5-13(15)14-6-2-4-8-16(14)17/h1-10,17-18,20H,11-12H2,(H,28,30)(H,29,33)(H,31,32)/t18-,20-/m0/s1. The van der Waals surface area contributed by atoms with Crippen LogP contribution < -0.4 is 10.6 Å². The molecule has 0 aliphatic heterocycles.